The molecule has 2 aromatic heterocycles. The second-order valence-corrected chi connectivity index (χ2v) is 7.82. The molecule has 0 aliphatic carbocycles. The summed E-state index contributed by atoms with van der Waals surface area (Å²) in [5.41, 5.74) is 2.17. The van der Waals surface area contributed by atoms with Crippen LogP contribution < -0.4 is 19.5 Å². The highest BCUT2D eigenvalue weighted by Crippen LogP contribution is 2.29. The number of aromatic nitrogens is 2. The van der Waals surface area contributed by atoms with Gasteiger partial charge in [0.25, 0.3) is 0 Å². The van der Waals surface area contributed by atoms with Crippen molar-refractivity contribution in [3.8, 4) is 33.7 Å². The van der Waals surface area contributed by atoms with E-state index in [2.05, 4.69) is 15.3 Å². The molecule has 0 saturated heterocycles. The highest BCUT2D eigenvalue weighted by Gasteiger charge is 2.13. The Balaban J connectivity index is 1.40. The Labute approximate surface area is 196 Å². The number of hydrogen-bond acceptors (Lipinski definition) is 7. The van der Waals surface area contributed by atoms with Crippen molar-refractivity contribution < 1.29 is 19.0 Å². The minimum absolute atomic E-state index is 0.143. The number of nitrogens with one attached hydrogen (secondary N) is 1. The highest BCUT2D eigenvalue weighted by atomic mass is 32.1. The van der Waals surface area contributed by atoms with Crippen LogP contribution in [0.25, 0.3) is 10.6 Å². The van der Waals surface area contributed by atoms with Gasteiger partial charge in [-0.15, -0.1) is 11.3 Å². The number of methoxy groups -OCH3 is 1. The predicted molar refractivity (Wildman–Crippen MR) is 128 cm³/mol. The van der Waals surface area contributed by atoms with Gasteiger partial charge >= 0.3 is 0 Å². The molecule has 2 heterocycles. The van der Waals surface area contributed by atoms with E-state index in [0.717, 1.165) is 22.1 Å². The minimum Gasteiger partial charge on any atom is -0.497 e. The molecule has 1 N–H and O–H groups in total. The third kappa shape index (κ3) is 5.87. The molecule has 0 radical (unpaired) electrons. The van der Waals surface area contributed by atoms with Crippen molar-refractivity contribution in [2.45, 2.75) is 13.3 Å². The van der Waals surface area contributed by atoms with Crippen LogP contribution in [0.15, 0.2) is 72.2 Å². The number of ether oxygens (including phenoxy) is 3. The van der Waals surface area contributed by atoms with Crippen molar-refractivity contribution in [1.29, 1.82) is 0 Å². The van der Waals surface area contributed by atoms with Crippen molar-refractivity contribution in [2.24, 2.45) is 0 Å². The lowest BCUT2D eigenvalue weighted by atomic mass is 10.2. The van der Waals surface area contributed by atoms with E-state index < -0.39 is 0 Å². The zero-order valence-corrected chi connectivity index (χ0v) is 19.1. The van der Waals surface area contributed by atoms with Crippen LogP contribution in [0.1, 0.15) is 12.6 Å². The topological polar surface area (TPSA) is 82.6 Å². The SMILES string of the molecule is CCOc1ccc(-c2nc(CC(=O)Nc3cccnc3Oc3ccc(OC)cc3)cs2)cc1. The summed E-state index contributed by atoms with van der Waals surface area (Å²) >= 11 is 1.50. The molecule has 7 nitrogen and oxygen atoms in total. The van der Waals surface area contributed by atoms with Crippen molar-refractivity contribution >= 4 is 22.9 Å². The van der Waals surface area contributed by atoms with Crippen LogP contribution in [0.2, 0.25) is 0 Å². The Hall–Kier alpha value is -3.91. The second kappa shape index (κ2) is 10.6. The first-order chi connectivity index (χ1) is 16.1. The summed E-state index contributed by atoms with van der Waals surface area (Å²) in [5, 5.41) is 5.61. The molecule has 0 unspecified atom stereocenters. The molecule has 4 rings (SSSR count). The number of rotatable bonds is 9. The fraction of sp³-hybridized carbons (Fsp3) is 0.160. The lowest BCUT2D eigenvalue weighted by Crippen LogP contribution is -2.15. The summed E-state index contributed by atoms with van der Waals surface area (Å²) in [5.74, 6) is 2.24. The fourth-order valence-electron chi connectivity index (χ4n) is 3.06. The van der Waals surface area contributed by atoms with Crippen LogP contribution in [-0.4, -0.2) is 29.6 Å². The molecule has 0 fully saturated rings. The average Bonchev–Trinajstić information content (AvgIpc) is 3.30. The monoisotopic (exact) mass is 461 g/mol. The normalized spacial score (nSPS) is 10.5. The van der Waals surface area contributed by atoms with Gasteiger partial charge in [-0.25, -0.2) is 9.97 Å². The zero-order chi connectivity index (χ0) is 23.0. The Bertz CT molecular complexity index is 1210. The molecule has 2 aromatic carbocycles. The first-order valence-corrected chi connectivity index (χ1v) is 11.3. The lowest BCUT2D eigenvalue weighted by molar-refractivity contribution is -0.115. The molecule has 33 heavy (non-hydrogen) atoms. The molecule has 168 valence electrons. The summed E-state index contributed by atoms with van der Waals surface area (Å²) in [6, 6.07) is 18.4. The predicted octanol–water partition coefficient (Wildman–Crippen LogP) is 5.59. The van der Waals surface area contributed by atoms with Crippen LogP contribution in [0.4, 0.5) is 5.69 Å². The standard InChI is InChI=1S/C25H23N3O4S/c1-3-31-20-8-6-17(7-9-20)25-27-18(16-33-25)15-23(29)28-22-5-4-14-26-24(22)32-21-12-10-19(30-2)11-13-21/h4-14,16H,3,15H2,1-2H3,(H,28,29). The van der Waals surface area contributed by atoms with E-state index in [1.54, 1.807) is 49.7 Å². The van der Waals surface area contributed by atoms with Crippen molar-refractivity contribution in [3.63, 3.8) is 0 Å². The molecule has 4 aromatic rings. The smallest absolute Gasteiger partial charge is 0.243 e. The number of thiazole rings is 1. The number of carbonyl (C=O) groups is 1. The Kier molecular flexibility index (Phi) is 7.16. The fourth-order valence-corrected chi connectivity index (χ4v) is 3.89. The van der Waals surface area contributed by atoms with E-state index in [4.69, 9.17) is 14.2 Å². The number of hydrogen-bond donors (Lipinski definition) is 1. The molecular weight excluding hydrogens is 438 g/mol. The van der Waals surface area contributed by atoms with E-state index in [-0.39, 0.29) is 12.3 Å². The largest absolute Gasteiger partial charge is 0.497 e. The molecule has 8 heteroatoms. The average molecular weight is 462 g/mol. The van der Waals surface area contributed by atoms with Gasteiger partial charge in [0.2, 0.25) is 11.8 Å². The lowest BCUT2D eigenvalue weighted by Gasteiger charge is -2.11. The Morgan fingerprint density at radius 1 is 1.00 bits per heavy atom. The number of amides is 1. The first kappa shape index (κ1) is 22.3. The van der Waals surface area contributed by atoms with Gasteiger partial charge in [0.05, 0.1) is 25.8 Å². The van der Waals surface area contributed by atoms with E-state index in [1.807, 2.05) is 36.6 Å². The van der Waals surface area contributed by atoms with E-state index in [0.29, 0.717) is 29.6 Å². The Morgan fingerprint density at radius 3 is 2.45 bits per heavy atom. The second-order valence-electron chi connectivity index (χ2n) is 6.96. The van der Waals surface area contributed by atoms with Crippen LogP contribution in [-0.2, 0) is 11.2 Å². The summed E-state index contributed by atoms with van der Waals surface area (Å²) < 4.78 is 16.5. The molecule has 0 aliphatic rings. The van der Waals surface area contributed by atoms with E-state index in [9.17, 15) is 4.79 Å². The maximum absolute atomic E-state index is 12.7. The Morgan fingerprint density at radius 2 is 1.73 bits per heavy atom. The maximum atomic E-state index is 12.7. The van der Waals surface area contributed by atoms with Gasteiger partial charge in [-0.2, -0.15) is 0 Å². The summed E-state index contributed by atoms with van der Waals surface area (Å²) in [4.78, 5) is 21.5. The summed E-state index contributed by atoms with van der Waals surface area (Å²) in [6.07, 6.45) is 1.75. The van der Waals surface area contributed by atoms with Gasteiger partial charge in [0, 0.05) is 17.1 Å². The van der Waals surface area contributed by atoms with Gasteiger partial charge in [0.1, 0.15) is 27.9 Å². The molecule has 0 atom stereocenters. The molecule has 1 amide bonds. The molecule has 0 saturated carbocycles. The zero-order valence-electron chi connectivity index (χ0n) is 18.3. The van der Waals surface area contributed by atoms with Crippen LogP contribution >= 0.6 is 11.3 Å². The number of anilines is 1. The van der Waals surface area contributed by atoms with Crippen molar-refractivity contribution in [1.82, 2.24) is 9.97 Å². The van der Waals surface area contributed by atoms with Crippen LogP contribution in [0.5, 0.6) is 23.1 Å². The third-order valence-electron chi connectivity index (χ3n) is 4.62. The van der Waals surface area contributed by atoms with Gasteiger partial charge in [-0.05, 0) is 67.6 Å². The first-order valence-electron chi connectivity index (χ1n) is 10.4. The van der Waals surface area contributed by atoms with Crippen LogP contribution in [0, 0.1) is 0 Å². The molecule has 0 bridgehead atoms. The number of nitrogens with zero attached hydrogens (tertiary/aromatic N) is 2. The van der Waals surface area contributed by atoms with Gasteiger partial charge < -0.3 is 19.5 Å². The van der Waals surface area contributed by atoms with Crippen LogP contribution in [0.3, 0.4) is 0 Å². The summed E-state index contributed by atoms with van der Waals surface area (Å²) in [6.45, 7) is 2.57. The number of pyridine rings is 1. The number of carbonyl (C=O) groups excluding carboxylic acids is 1. The quantitative estimate of drug-likeness (QED) is 0.350. The molecular formula is C25H23N3O4S. The third-order valence-corrected chi connectivity index (χ3v) is 5.57. The minimum atomic E-state index is -0.203. The van der Waals surface area contributed by atoms with E-state index in [1.165, 1.54) is 11.3 Å². The van der Waals surface area contributed by atoms with Crippen molar-refractivity contribution in [2.75, 3.05) is 19.0 Å². The molecule has 0 spiro atoms. The summed E-state index contributed by atoms with van der Waals surface area (Å²) in [7, 11) is 1.60. The maximum Gasteiger partial charge on any atom is 0.243 e. The number of benzene rings is 2. The highest BCUT2D eigenvalue weighted by molar-refractivity contribution is 7.13. The van der Waals surface area contributed by atoms with Crippen molar-refractivity contribution in [3.05, 3.63) is 77.9 Å². The molecule has 0 aliphatic heterocycles. The van der Waals surface area contributed by atoms with Gasteiger partial charge in [0.15, 0.2) is 0 Å². The van der Waals surface area contributed by atoms with Gasteiger partial charge in [-0.1, -0.05) is 0 Å². The van der Waals surface area contributed by atoms with Gasteiger partial charge in [-0.3, -0.25) is 4.79 Å². The van der Waals surface area contributed by atoms with E-state index >= 15 is 0 Å².